The maximum Gasteiger partial charge on any atom is 0.223 e. The Morgan fingerprint density at radius 3 is 2.58 bits per heavy atom. The Morgan fingerprint density at radius 1 is 1.08 bits per heavy atom. The number of Topliss-reactive ketones (excluding diaryl/α,β-unsaturated/α-hetero) is 2. The molecule has 0 bridgehead atoms. The van der Waals surface area contributed by atoms with Crippen LogP contribution >= 0.6 is 11.3 Å². The van der Waals surface area contributed by atoms with Crippen LogP contribution in [0.3, 0.4) is 0 Å². The fourth-order valence-corrected chi connectivity index (χ4v) is 4.23. The SMILES string of the molecule is Cc1ccc(C(=O)CCC(=O)CCC(=O)N2CCn3cccc3C2C)s1. The van der Waals surface area contributed by atoms with E-state index in [2.05, 4.69) is 4.57 Å². The summed E-state index contributed by atoms with van der Waals surface area (Å²) in [7, 11) is 0. The van der Waals surface area contributed by atoms with Gasteiger partial charge in [-0.3, -0.25) is 14.4 Å². The highest BCUT2D eigenvalue weighted by Gasteiger charge is 2.27. The molecule has 3 rings (SSSR count). The molecule has 2 aromatic heterocycles. The molecule has 0 radical (unpaired) electrons. The van der Waals surface area contributed by atoms with Crippen molar-refractivity contribution in [3.05, 3.63) is 45.9 Å². The summed E-state index contributed by atoms with van der Waals surface area (Å²) < 4.78 is 2.16. The van der Waals surface area contributed by atoms with Crippen LogP contribution in [-0.2, 0) is 16.1 Å². The predicted molar refractivity (Wildman–Crippen MR) is 101 cm³/mol. The van der Waals surface area contributed by atoms with Crippen molar-refractivity contribution in [1.29, 1.82) is 0 Å². The van der Waals surface area contributed by atoms with Crippen molar-refractivity contribution in [2.75, 3.05) is 6.54 Å². The number of nitrogens with zero attached hydrogens (tertiary/aromatic N) is 2. The predicted octanol–water partition coefficient (Wildman–Crippen LogP) is 3.77. The van der Waals surface area contributed by atoms with E-state index in [1.807, 2.05) is 49.2 Å². The summed E-state index contributed by atoms with van der Waals surface area (Å²) in [6.07, 6.45) is 2.89. The first-order valence-corrected chi connectivity index (χ1v) is 9.83. The third kappa shape index (κ3) is 4.12. The first-order valence-electron chi connectivity index (χ1n) is 9.01. The minimum atomic E-state index is -0.0204. The van der Waals surface area contributed by atoms with Crippen LogP contribution in [0.15, 0.2) is 30.5 Å². The maximum atomic E-state index is 12.5. The lowest BCUT2D eigenvalue weighted by Gasteiger charge is -2.35. The van der Waals surface area contributed by atoms with Crippen molar-refractivity contribution in [2.24, 2.45) is 0 Å². The second-order valence-electron chi connectivity index (χ2n) is 6.76. The fraction of sp³-hybridized carbons (Fsp3) is 0.450. The molecule has 0 fully saturated rings. The molecule has 0 saturated heterocycles. The quantitative estimate of drug-likeness (QED) is 0.695. The molecule has 5 nitrogen and oxygen atoms in total. The van der Waals surface area contributed by atoms with E-state index in [9.17, 15) is 14.4 Å². The molecule has 26 heavy (non-hydrogen) atoms. The highest BCUT2D eigenvalue weighted by molar-refractivity contribution is 7.14. The zero-order chi connectivity index (χ0) is 18.7. The van der Waals surface area contributed by atoms with Crippen LogP contribution < -0.4 is 0 Å². The summed E-state index contributed by atoms with van der Waals surface area (Å²) >= 11 is 1.46. The zero-order valence-electron chi connectivity index (χ0n) is 15.2. The van der Waals surface area contributed by atoms with E-state index in [-0.39, 0.29) is 49.2 Å². The Balaban J connectivity index is 1.44. The molecule has 1 aliphatic heterocycles. The lowest BCUT2D eigenvalue weighted by Crippen LogP contribution is -2.40. The standard InChI is InChI=1S/C20H24N2O3S/c1-14-5-9-19(26-14)18(24)8-6-16(23)7-10-20(25)22-13-12-21-11-3-4-17(21)15(22)2/h3-5,9,11,15H,6-8,10,12-13H2,1-2H3. The Labute approximate surface area is 157 Å². The maximum absolute atomic E-state index is 12.5. The molecular weight excluding hydrogens is 348 g/mol. The number of aromatic nitrogens is 1. The molecule has 1 amide bonds. The van der Waals surface area contributed by atoms with Crippen LogP contribution in [0.1, 0.15) is 58.9 Å². The Kier molecular flexibility index (Phi) is 5.71. The van der Waals surface area contributed by atoms with Gasteiger partial charge in [-0.2, -0.15) is 0 Å². The molecule has 1 atom stereocenters. The fourth-order valence-electron chi connectivity index (χ4n) is 3.40. The number of hydrogen-bond acceptors (Lipinski definition) is 4. The van der Waals surface area contributed by atoms with E-state index in [0.29, 0.717) is 11.4 Å². The second kappa shape index (κ2) is 7.99. The van der Waals surface area contributed by atoms with Gasteiger partial charge in [-0.1, -0.05) is 0 Å². The summed E-state index contributed by atoms with van der Waals surface area (Å²) in [5.41, 5.74) is 1.13. The Hall–Kier alpha value is -2.21. The number of carbonyl (C=O) groups excluding carboxylic acids is 3. The van der Waals surface area contributed by atoms with E-state index in [1.54, 1.807) is 0 Å². The molecule has 6 heteroatoms. The first-order chi connectivity index (χ1) is 12.5. The number of amides is 1. The number of thiophene rings is 1. The number of fused-ring (bicyclic) bond motifs is 1. The van der Waals surface area contributed by atoms with Crippen LogP contribution in [0, 0.1) is 6.92 Å². The monoisotopic (exact) mass is 372 g/mol. The van der Waals surface area contributed by atoms with E-state index in [0.717, 1.165) is 17.1 Å². The number of aryl methyl sites for hydroxylation is 1. The molecule has 0 N–H and O–H groups in total. The van der Waals surface area contributed by atoms with Gasteiger partial charge in [0.05, 0.1) is 10.9 Å². The van der Waals surface area contributed by atoms with E-state index in [4.69, 9.17) is 0 Å². The lowest BCUT2D eigenvalue weighted by atomic mass is 10.1. The van der Waals surface area contributed by atoms with Crippen molar-refractivity contribution in [1.82, 2.24) is 9.47 Å². The summed E-state index contributed by atoms with van der Waals surface area (Å²) in [6.45, 7) is 5.44. The van der Waals surface area contributed by atoms with Crippen molar-refractivity contribution in [3.8, 4) is 0 Å². The number of rotatable bonds is 7. The molecule has 1 aliphatic rings. The van der Waals surface area contributed by atoms with Gasteiger partial charge < -0.3 is 9.47 Å². The molecule has 138 valence electrons. The third-order valence-corrected chi connectivity index (χ3v) is 5.97. The largest absolute Gasteiger partial charge is 0.348 e. The van der Waals surface area contributed by atoms with Crippen molar-refractivity contribution in [2.45, 2.75) is 52.1 Å². The summed E-state index contributed by atoms with van der Waals surface area (Å²) in [4.78, 5) is 40.3. The number of ketones is 2. The summed E-state index contributed by atoms with van der Waals surface area (Å²) in [5.74, 6) is -0.000264. The van der Waals surface area contributed by atoms with Gasteiger partial charge in [-0.25, -0.2) is 0 Å². The topological polar surface area (TPSA) is 59.4 Å². The smallest absolute Gasteiger partial charge is 0.223 e. The number of carbonyl (C=O) groups is 3. The van der Waals surface area contributed by atoms with Gasteiger partial charge in [0.1, 0.15) is 5.78 Å². The van der Waals surface area contributed by atoms with Crippen molar-refractivity contribution in [3.63, 3.8) is 0 Å². The van der Waals surface area contributed by atoms with E-state index >= 15 is 0 Å². The Bertz CT molecular complexity index is 821. The Morgan fingerprint density at radius 2 is 1.85 bits per heavy atom. The van der Waals surface area contributed by atoms with E-state index < -0.39 is 0 Å². The first kappa shape index (κ1) is 18.6. The summed E-state index contributed by atoms with van der Waals surface area (Å²) in [6, 6.07) is 7.78. The van der Waals surface area contributed by atoms with Gasteiger partial charge in [0.2, 0.25) is 5.91 Å². The minimum Gasteiger partial charge on any atom is -0.348 e. The van der Waals surface area contributed by atoms with Gasteiger partial charge in [0, 0.05) is 55.5 Å². The molecule has 3 heterocycles. The average molecular weight is 372 g/mol. The highest BCUT2D eigenvalue weighted by atomic mass is 32.1. The van der Waals surface area contributed by atoms with Gasteiger partial charge >= 0.3 is 0 Å². The molecule has 0 saturated carbocycles. The minimum absolute atomic E-state index is 0.00758. The van der Waals surface area contributed by atoms with Gasteiger partial charge in [0.15, 0.2) is 5.78 Å². The molecule has 1 unspecified atom stereocenters. The van der Waals surface area contributed by atoms with Crippen LogP contribution in [0.25, 0.3) is 0 Å². The van der Waals surface area contributed by atoms with Gasteiger partial charge in [0.25, 0.3) is 0 Å². The van der Waals surface area contributed by atoms with Gasteiger partial charge in [-0.05, 0) is 38.1 Å². The molecule has 2 aromatic rings. The lowest BCUT2D eigenvalue weighted by molar-refractivity contribution is -0.136. The van der Waals surface area contributed by atoms with Gasteiger partial charge in [-0.15, -0.1) is 11.3 Å². The molecular formula is C20H24N2O3S. The molecule has 0 spiro atoms. The molecule has 0 aromatic carbocycles. The summed E-state index contributed by atoms with van der Waals surface area (Å²) in [5, 5.41) is 0. The third-order valence-electron chi connectivity index (χ3n) is 4.93. The van der Waals surface area contributed by atoms with Crippen LogP contribution in [-0.4, -0.2) is 33.5 Å². The van der Waals surface area contributed by atoms with Crippen molar-refractivity contribution < 1.29 is 14.4 Å². The van der Waals surface area contributed by atoms with E-state index in [1.165, 1.54) is 11.3 Å². The highest BCUT2D eigenvalue weighted by Crippen LogP contribution is 2.26. The molecule has 0 aliphatic carbocycles. The second-order valence-corrected chi connectivity index (χ2v) is 8.05. The van der Waals surface area contributed by atoms with Crippen LogP contribution in [0.5, 0.6) is 0 Å². The number of hydrogen-bond donors (Lipinski definition) is 0. The average Bonchev–Trinajstić information content (AvgIpc) is 3.27. The van der Waals surface area contributed by atoms with Crippen molar-refractivity contribution >= 4 is 28.8 Å². The van der Waals surface area contributed by atoms with Crippen LogP contribution in [0.4, 0.5) is 0 Å². The zero-order valence-corrected chi connectivity index (χ0v) is 16.1. The van der Waals surface area contributed by atoms with Crippen LogP contribution in [0.2, 0.25) is 0 Å². The normalized spacial score (nSPS) is 16.4.